The second-order valence-corrected chi connectivity index (χ2v) is 6.35. The summed E-state index contributed by atoms with van der Waals surface area (Å²) in [5, 5.41) is 11.3. The van der Waals surface area contributed by atoms with Gasteiger partial charge in [-0.2, -0.15) is 0 Å². The van der Waals surface area contributed by atoms with Gasteiger partial charge in [0.2, 0.25) is 0 Å². The van der Waals surface area contributed by atoms with E-state index in [1.165, 1.54) is 24.3 Å². The predicted molar refractivity (Wildman–Crippen MR) is 91.2 cm³/mol. The molecule has 0 saturated heterocycles. The topological polar surface area (TPSA) is 29.5 Å². The SMILES string of the molecule is OB(Oc1cc(Cl)c(Cl)c(Cl)c1)c1cc(Cl)c(Cl)c(Cl)c1. The highest BCUT2D eigenvalue weighted by Gasteiger charge is 2.22. The van der Waals surface area contributed by atoms with E-state index in [-0.39, 0.29) is 35.9 Å². The Kier molecular flexibility index (Phi) is 5.83. The lowest BCUT2D eigenvalue weighted by Gasteiger charge is -2.12. The molecule has 0 aliphatic rings. The van der Waals surface area contributed by atoms with Crippen LogP contribution in [-0.2, 0) is 0 Å². The maximum Gasteiger partial charge on any atom is 0.560 e. The van der Waals surface area contributed by atoms with E-state index in [1.54, 1.807) is 0 Å². The summed E-state index contributed by atoms with van der Waals surface area (Å²) in [7, 11) is -1.33. The van der Waals surface area contributed by atoms with Crippen LogP contribution in [0.15, 0.2) is 24.3 Å². The molecule has 9 heteroatoms. The summed E-state index contributed by atoms with van der Waals surface area (Å²) in [6, 6.07) is 5.75. The first kappa shape index (κ1) is 17.4. The minimum atomic E-state index is -1.33. The minimum Gasteiger partial charge on any atom is -0.532 e. The lowest BCUT2D eigenvalue weighted by atomic mass is 9.79. The molecule has 1 N–H and O–H groups in total. The summed E-state index contributed by atoms with van der Waals surface area (Å²) in [5.41, 5.74) is 0.330. The molecule has 0 spiro atoms. The van der Waals surface area contributed by atoms with Crippen LogP contribution in [0.2, 0.25) is 30.1 Å². The molecule has 0 aromatic heterocycles. The summed E-state index contributed by atoms with van der Waals surface area (Å²) >= 11 is 35.2. The van der Waals surface area contributed by atoms with Crippen LogP contribution in [0.25, 0.3) is 0 Å². The minimum absolute atomic E-state index is 0.201. The standard InChI is InChI=1S/C12H5BCl6O2/c14-7-1-5(2-8(15)11(7)18)13(20)21-6-3-9(16)12(19)10(17)4-6/h1-4,20H. The van der Waals surface area contributed by atoms with Crippen LogP contribution in [0.5, 0.6) is 5.75 Å². The van der Waals surface area contributed by atoms with E-state index >= 15 is 0 Å². The molecule has 0 radical (unpaired) electrons. The zero-order valence-electron chi connectivity index (χ0n) is 10.0. The molecule has 0 aliphatic heterocycles. The van der Waals surface area contributed by atoms with Gasteiger partial charge in [-0.1, -0.05) is 69.6 Å². The van der Waals surface area contributed by atoms with Crippen molar-refractivity contribution < 1.29 is 9.68 Å². The first-order valence-corrected chi connectivity index (χ1v) is 7.70. The molecule has 0 aliphatic carbocycles. The van der Waals surface area contributed by atoms with Crippen molar-refractivity contribution in [1.29, 1.82) is 0 Å². The average molecular weight is 405 g/mol. The highest BCUT2D eigenvalue weighted by molar-refractivity contribution is 6.62. The van der Waals surface area contributed by atoms with Crippen LogP contribution in [-0.4, -0.2) is 12.1 Å². The Balaban J connectivity index is 2.28. The third-order valence-corrected chi connectivity index (χ3v) is 4.89. The van der Waals surface area contributed by atoms with Crippen LogP contribution in [0, 0.1) is 0 Å². The van der Waals surface area contributed by atoms with Crippen molar-refractivity contribution >= 4 is 82.2 Å². The van der Waals surface area contributed by atoms with Gasteiger partial charge in [-0.05, 0) is 29.7 Å². The Morgan fingerprint density at radius 2 is 1.10 bits per heavy atom. The first-order valence-electron chi connectivity index (χ1n) is 5.43. The highest BCUT2D eigenvalue weighted by Crippen LogP contribution is 2.34. The molecule has 2 aromatic carbocycles. The van der Waals surface area contributed by atoms with E-state index in [0.717, 1.165) is 0 Å². The van der Waals surface area contributed by atoms with Crippen LogP contribution in [0.3, 0.4) is 0 Å². The molecular weight excluding hydrogens is 400 g/mol. The van der Waals surface area contributed by atoms with Crippen molar-refractivity contribution in [3.05, 3.63) is 54.4 Å². The van der Waals surface area contributed by atoms with E-state index in [2.05, 4.69) is 0 Å². The molecule has 0 saturated carbocycles. The summed E-state index contributed by atoms with van der Waals surface area (Å²) in [6.45, 7) is 0. The molecule has 0 atom stereocenters. The van der Waals surface area contributed by atoms with Crippen LogP contribution >= 0.6 is 69.6 Å². The Hall–Kier alpha value is 0.00494. The second kappa shape index (κ2) is 7.05. The van der Waals surface area contributed by atoms with Gasteiger partial charge in [0.1, 0.15) is 5.75 Å². The molecule has 2 rings (SSSR count). The fourth-order valence-electron chi connectivity index (χ4n) is 1.51. The van der Waals surface area contributed by atoms with Crippen molar-refractivity contribution in [2.75, 3.05) is 0 Å². The normalized spacial score (nSPS) is 10.6. The van der Waals surface area contributed by atoms with Crippen LogP contribution < -0.4 is 10.1 Å². The fourth-order valence-corrected chi connectivity index (χ4v) is 2.70. The lowest BCUT2D eigenvalue weighted by molar-refractivity contribution is 0.433. The third kappa shape index (κ3) is 4.05. The summed E-state index contributed by atoms with van der Waals surface area (Å²) in [6.07, 6.45) is 0. The zero-order valence-corrected chi connectivity index (χ0v) is 14.5. The largest absolute Gasteiger partial charge is 0.560 e. The monoisotopic (exact) mass is 402 g/mol. The van der Waals surface area contributed by atoms with Gasteiger partial charge >= 0.3 is 7.12 Å². The smallest absolute Gasteiger partial charge is 0.532 e. The summed E-state index contributed by atoms with van der Waals surface area (Å²) in [4.78, 5) is 0. The molecule has 0 bridgehead atoms. The Morgan fingerprint density at radius 3 is 1.52 bits per heavy atom. The Labute approximate surface area is 151 Å². The van der Waals surface area contributed by atoms with Gasteiger partial charge in [0.15, 0.2) is 0 Å². The fraction of sp³-hybridized carbons (Fsp3) is 0. The molecule has 2 nitrogen and oxygen atoms in total. The maximum atomic E-state index is 10.1. The van der Waals surface area contributed by atoms with Gasteiger partial charge in [0.25, 0.3) is 0 Å². The molecule has 0 fully saturated rings. The van der Waals surface area contributed by atoms with Crippen molar-refractivity contribution in [3.63, 3.8) is 0 Å². The van der Waals surface area contributed by atoms with Crippen molar-refractivity contribution in [1.82, 2.24) is 0 Å². The van der Waals surface area contributed by atoms with Gasteiger partial charge in [0, 0.05) is 0 Å². The number of benzene rings is 2. The molecule has 21 heavy (non-hydrogen) atoms. The van der Waals surface area contributed by atoms with Crippen LogP contribution in [0.4, 0.5) is 0 Å². The lowest BCUT2D eigenvalue weighted by Crippen LogP contribution is -2.36. The number of halogens is 6. The summed E-state index contributed by atoms with van der Waals surface area (Å²) in [5.74, 6) is 0.240. The van der Waals surface area contributed by atoms with E-state index < -0.39 is 7.12 Å². The quantitative estimate of drug-likeness (QED) is 0.550. The highest BCUT2D eigenvalue weighted by atomic mass is 35.5. The molecule has 0 unspecified atom stereocenters. The zero-order chi connectivity index (χ0) is 15.7. The van der Waals surface area contributed by atoms with E-state index in [9.17, 15) is 5.02 Å². The van der Waals surface area contributed by atoms with Gasteiger partial charge < -0.3 is 9.68 Å². The van der Waals surface area contributed by atoms with Crippen LogP contribution in [0.1, 0.15) is 0 Å². The Bertz CT molecular complexity index is 647. The van der Waals surface area contributed by atoms with Gasteiger partial charge in [-0.25, -0.2) is 0 Å². The third-order valence-electron chi connectivity index (χ3n) is 2.50. The predicted octanol–water partition coefficient (Wildman–Crippen LogP) is 5.37. The first-order chi connectivity index (χ1) is 9.79. The van der Waals surface area contributed by atoms with Crippen molar-refractivity contribution in [3.8, 4) is 5.75 Å². The van der Waals surface area contributed by atoms with E-state index in [0.29, 0.717) is 5.46 Å². The number of rotatable bonds is 3. The molecule has 0 amide bonds. The van der Waals surface area contributed by atoms with Crippen molar-refractivity contribution in [2.24, 2.45) is 0 Å². The summed E-state index contributed by atoms with van der Waals surface area (Å²) < 4.78 is 5.33. The number of hydrogen-bond donors (Lipinski definition) is 1. The van der Waals surface area contributed by atoms with Gasteiger partial charge in [-0.3, -0.25) is 0 Å². The molecule has 110 valence electrons. The number of hydrogen-bond acceptors (Lipinski definition) is 2. The average Bonchev–Trinajstić information content (AvgIpc) is 2.41. The van der Waals surface area contributed by atoms with E-state index in [1.807, 2.05) is 0 Å². The molecule has 0 heterocycles. The van der Waals surface area contributed by atoms with Gasteiger partial charge in [0.05, 0.1) is 30.1 Å². The van der Waals surface area contributed by atoms with Crippen molar-refractivity contribution in [2.45, 2.75) is 0 Å². The van der Waals surface area contributed by atoms with E-state index in [4.69, 9.17) is 74.3 Å². The maximum absolute atomic E-state index is 10.1. The molecule has 2 aromatic rings. The molecular formula is C12H5BCl6O2. The Morgan fingerprint density at radius 1 is 0.714 bits per heavy atom. The van der Waals surface area contributed by atoms with Gasteiger partial charge in [-0.15, -0.1) is 0 Å². The second-order valence-electron chi connectivity index (χ2n) is 3.97.